The molecule has 3 heteroatoms. The van der Waals surface area contributed by atoms with E-state index in [2.05, 4.69) is 17.2 Å². The minimum atomic E-state index is -0.156. The second kappa shape index (κ2) is 5.74. The molecule has 2 nitrogen and oxygen atoms in total. The Labute approximate surface area is 107 Å². The number of nitrogens with one attached hydrogen (secondary N) is 1. The van der Waals surface area contributed by atoms with E-state index in [-0.39, 0.29) is 11.9 Å². The number of pyridine rings is 1. The van der Waals surface area contributed by atoms with Gasteiger partial charge in [0.2, 0.25) is 0 Å². The largest absolute Gasteiger partial charge is 0.305 e. The van der Waals surface area contributed by atoms with Crippen LogP contribution in [0, 0.1) is 12.7 Å². The highest BCUT2D eigenvalue weighted by molar-refractivity contribution is 5.24. The van der Waals surface area contributed by atoms with E-state index in [0.29, 0.717) is 12.1 Å². The summed E-state index contributed by atoms with van der Waals surface area (Å²) < 4.78 is 13.1. The molecule has 0 saturated heterocycles. The lowest BCUT2D eigenvalue weighted by Gasteiger charge is -2.13. The van der Waals surface area contributed by atoms with Crippen molar-refractivity contribution in [1.82, 2.24) is 10.3 Å². The molecule has 0 bridgehead atoms. The highest BCUT2D eigenvalue weighted by atomic mass is 19.1. The lowest BCUT2D eigenvalue weighted by atomic mass is 10.1. The van der Waals surface area contributed by atoms with Crippen LogP contribution < -0.4 is 5.32 Å². The third kappa shape index (κ3) is 3.14. The molecule has 94 valence electrons. The van der Waals surface area contributed by atoms with E-state index in [1.807, 2.05) is 24.3 Å². The maximum Gasteiger partial charge on any atom is 0.126 e. The van der Waals surface area contributed by atoms with E-state index in [1.54, 1.807) is 19.2 Å². The van der Waals surface area contributed by atoms with Gasteiger partial charge in [0.15, 0.2) is 0 Å². The van der Waals surface area contributed by atoms with Crippen molar-refractivity contribution in [1.29, 1.82) is 0 Å². The summed E-state index contributed by atoms with van der Waals surface area (Å²) in [6.07, 6.45) is 1.79. The van der Waals surface area contributed by atoms with Gasteiger partial charge in [0, 0.05) is 18.8 Å². The first-order valence-electron chi connectivity index (χ1n) is 6.06. The smallest absolute Gasteiger partial charge is 0.126 e. The van der Waals surface area contributed by atoms with Gasteiger partial charge in [0.05, 0.1) is 5.69 Å². The zero-order valence-corrected chi connectivity index (χ0v) is 10.7. The van der Waals surface area contributed by atoms with Crippen LogP contribution in [0.4, 0.5) is 4.39 Å². The van der Waals surface area contributed by atoms with Crippen molar-refractivity contribution < 1.29 is 4.39 Å². The molecule has 1 aromatic heterocycles. The fourth-order valence-electron chi connectivity index (χ4n) is 1.82. The van der Waals surface area contributed by atoms with Crippen molar-refractivity contribution in [2.45, 2.75) is 26.4 Å². The fourth-order valence-corrected chi connectivity index (χ4v) is 1.82. The van der Waals surface area contributed by atoms with Crippen LogP contribution >= 0.6 is 0 Å². The molecule has 2 rings (SSSR count). The molecule has 0 aliphatic heterocycles. The Morgan fingerprint density at radius 3 is 2.78 bits per heavy atom. The zero-order valence-electron chi connectivity index (χ0n) is 10.7. The molecule has 0 aliphatic rings. The summed E-state index contributed by atoms with van der Waals surface area (Å²) in [6, 6.07) is 11.2. The molecule has 0 fully saturated rings. The first-order valence-corrected chi connectivity index (χ1v) is 6.06. The van der Waals surface area contributed by atoms with E-state index < -0.39 is 0 Å². The molecule has 0 unspecified atom stereocenters. The monoisotopic (exact) mass is 244 g/mol. The SMILES string of the molecule is Cc1cc(CN[C@@H](C)c2ccccn2)ccc1F. The molecule has 1 aromatic carbocycles. The summed E-state index contributed by atoms with van der Waals surface area (Å²) in [5, 5.41) is 3.38. The predicted molar refractivity (Wildman–Crippen MR) is 70.6 cm³/mol. The van der Waals surface area contributed by atoms with E-state index in [0.717, 1.165) is 11.3 Å². The van der Waals surface area contributed by atoms with Crippen molar-refractivity contribution in [3.8, 4) is 0 Å². The number of hydrogen-bond acceptors (Lipinski definition) is 2. The van der Waals surface area contributed by atoms with E-state index in [9.17, 15) is 4.39 Å². The molecular formula is C15H17FN2. The van der Waals surface area contributed by atoms with Crippen molar-refractivity contribution in [2.75, 3.05) is 0 Å². The molecule has 1 atom stereocenters. The lowest BCUT2D eigenvalue weighted by Crippen LogP contribution is -2.19. The number of aryl methyl sites for hydroxylation is 1. The lowest BCUT2D eigenvalue weighted by molar-refractivity contribution is 0.559. The van der Waals surface area contributed by atoms with Crippen LogP contribution in [-0.2, 0) is 6.54 Å². The highest BCUT2D eigenvalue weighted by Gasteiger charge is 2.06. The Hall–Kier alpha value is -1.74. The van der Waals surface area contributed by atoms with Crippen molar-refractivity contribution in [2.24, 2.45) is 0 Å². The Morgan fingerprint density at radius 1 is 1.28 bits per heavy atom. The second-order valence-electron chi connectivity index (χ2n) is 4.44. The number of nitrogens with zero attached hydrogens (tertiary/aromatic N) is 1. The molecule has 1 N–H and O–H groups in total. The minimum Gasteiger partial charge on any atom is -0.305 e. The molecule has 0 amide bonds. The maximum absolute atomic E-state index is 13.1. The van der Waals surface area contributed by atoms with Crippen molar-refractivity contribution in [3.63, 3.8) is 0 Å². The number of halogens is 1. The molecule has 0 saturated carbocycles. The van der Waals surface area contributed by atoms with Crippen LogP contribution in [-0.4, -0.2) is 4.98 Å². The second-order valence-corrected chi connectivity index (χ2v) is 4.44. The molecule has 0 spiro atoms. The van der Waals surface area contributed by atoms with Crippen LogP contribution in [0.3, 0.4) is 0 Å². The number of benzene rings is 1. The molecule has 2 aromatic rings. The molecule has 1 heterocycles. The molecule has 18 heavy (non-hydrogen) atoms. The average molecular weight is 244 g/mol. The number of rotatable bonds is 4. The van der Waals surface area contributed by atoms with Gasteiger partial charge in [0.1, 0.15) is 5.82 Å². The normalized spacial score (nSPS) is 12.4. The Balaban J connectivity index is 1.97. The first kappa shape index (κ1) is 12.7. The van der Waals surface area contributed by atoms with E-state index in [4.69, 9.17) is 0 Å². The average Bonchev–Trinajstić information content (AvgIpc) is 2.41. The third-order valence-electron chi connectivity index (χ3n) is 2.97. The third-order valence-corrected chi connectivity index (χ3v) is 2.97. The van der Waals surface area contributed by atoms with Crippen LogP contribution in [0.1, 0.15) is 29.8 Å². The summed E-state index contributed by atoms with van der Waals surface area (Å²) >= 11 is 0. The van der Waals surface area contributed by atoms with Crippen LogP contribution in [0.25, 0.3) is 0 Å². The minimum absolute atomic E-state index is 0.156. The summed E-state index contributed by atoms with van der Waals surface area (Å²) in [7, 11) is 0. The quantitative estimate of drug-likeness (QED) is 0.891. The highest BCUT2D eigenvalue weighted by Crippen LogP contribution is 2.12. The number of hydrogen-bond donors (Lipinski definition) is 1. The van der Waals surface area contributed by atoms with Gasteiger partial charge in [-0.1, -0.05) is 18.2 Å². The van der Waals surface area contributed by atoms with Gasteiger partial charge in [-0.3, -0.25) is 4.98 Å². The van der Waals surface area contributed by atoms with Crippen LogP contribution in [0.5, 0.6) is 0 Å². The molecular weight excluding hydrogens is 227 g/mol. The molecule has 0 aliphatic carbocycles. The van der Waals surface area contributed by atoms with Gasteiger partial charge >= 0.3 is 0 Å². The van der Waals surface area contributed by atoms with Gasteiger partial charge in [0.25, 0.3) is 0 Å². The van der Waals surface area contributed by atoms with Crippen molar-refractivity contribution in [3.05, 3.63) is 65.2 Å². The summed E-state index contributed by atoms with van der Waals surface area (Å²) in [4.78, 5) is 4.30. The Kier molecular flexibility index (Phi) is 4.05. The zero-order chi connectivity index (χ0) is 13.0. The number of aromatic nitrogens is 1. The first-order chi connectivity index (χ1) is 8.66. The van der Waals surface area contributed by atoms with E-state index >= 15 is 0 Å². The predicted octanol–water partition coefficient (Wildman–Crippen LogP) is 3.38. The Morgan fingerprint density at radius 2 is 2.11 bits per heavy atom. The Bertz CT molecular complexity index is 511. The van der Waals surface area contributed by atoms with Gasteiger partial charge in [-0.15, -0.1) is 0 Å². The standard InChI is InChI=1S/C15H17FN2/c1-11-9-13(6-7-14(11)16)10-18-12(2)15-5-3-4-8-17-15/h3-9,12,18H,10H2,1-2H3/t12-/m0/s1. The van der Waals surface area contributed by atoms with Gasteiger partial charge in [-0.25, -0.2) is 4.39 Å². The topological polar surface area (TPSA) is 24.9 Å². The van der Waals surface area contributed by atoms with Gasteiger partial charge in [-0.2, -0.15) is 0 Å². The van der Waals surface area contributed by atoms with Crippen LogP contribution in [0.15, 0.2) is 42.6 Å². The van der Waals surface area contributed by atoms with Crippen molar-refractivity contribution >= 4 is 0 Å². The summed E-state index contributed by atoms with van der Waals surface area (Å²) in [6.45, 7) is 4.55. The summed E-state index contributed by atoms with van der Waals surface area (Å²) in [5.41, 5.74) is 2.77. The maximum atomic E-state index is 13.1. The summed E-state index contributed by atoms with van der Waals surface area (Å²) in [5.74, 6) is -0.156. The fraction of sp³-hybridized carbons (Fsp3) is 0.267. The van der Waals surface area contributed by atoms with Gasteiger partial charge < -0.3 is 5.32 Å². The van der Waals surface area contributed by atoms with Crippen LogP contribution in [0.2, 0.25) is 0 Å². The molecule has 0 radical (unpaired) electrons. The van der Waals surface area contributed by atoms with E-state index in [1.165, 1.54) is 6.07 Å². The van der Waals surface area contributed by atoms with Gasteiger partial charge in [-0.05, 0) is 43.2 Å².